The summed E-state index contributed by atoms with van der Waals surface area (Å²) in [4.78, 5) is 0.137. The summed E-state index contributed by atoms with van der Waals surface area (Å²) in [7, 11) is -3.70. The minimum absolute atomic E-state index is 0.0506. The van der Waals surface area contributed by atoms with E-state index in [4.69, 9.17) is 22.4 Å². The lowest BCUT2D eigenvalue weighted by Gasteiger charge is -2.15. The van der Waals surface area contributed by atoms with Gasteiger partial charge in [0.1, 0.15) is 10.7 Å². The molecule has 0 bridgehead atoms. The van der Waals surface area contributed by atoms with E-state index in [1.165, 1.54) is 6.07 Å². The number of rotatable bonds is 6. The normalized spacial score (nSPS) is 13.0. The zero-order valence-corrected chi connectivity index (χ0v) is 13.1. The Morgan fingerprint density at radius 1 is 1.33 bits per heavy atom. The minimum Gasteiger partial charge on any atom is -0.469 e. The van der Waals surface area contributed by atoms with E-state index in [1.54, 1.807) is 43.5 Å². The van der Waals surface area contributed by atoms with Crippen LogP contribution in [0.4, 0.5) is 0 Å². The van der Waals surface area contributed by atoms with Gasteiger partial charge in [-0.15, -0.1) is 0 Å². The topological polar surface area (TPSA) is 85.3 Å². The van der Waals surface area contributed by atoms with Crippen molar-refractivity contribution in [1.29, 1.82) is 0 Å². The first-order chi connectivity index (χ1) is 9.90. The Morgan fingerprint density at radius 3 is 2.67 bits per heavy atom. The van der Waals surface area contributed by atoms with Gasteiger partial charge in [-0.25, -0.2) is 13.1 Å². The van der Waals surface area contributed by atoms with Crippen LogP contribution in [0.1, 0.15) is 18.2 Å². The molecule has 0 fully saturated rings. The SMILES string of the molecule is CC(Cc1ccco1)NS(=O)(=O)c1ccccc1C(N)=S. The van der Waals surface area contributed by atoms with Crippen LogP contribution in [0.3, 0.4) is 0 Å². The van der Waals surface area contributed by atoms with Gasteiger partial charge in [0, 0.05) is 18.0 Å². The second kappa shape index (κ2) is 6.38. The summed E-state index contributed by atoms with van der Waals surface area (Å²) in [6.45, 7) is 1.77. The van der Waals surface area contributed by atoms with E-state index >= 15 is 0 Å². The molecule has 0 aliphatic heterocycles. The fourth-order valence-corrected chi connectivity index (χ4v) is 3.71. The molecule has 1 unspecified atom stereocenters. The predicted molar refractivity (Wildman–Crippen MR) is 84.5 cm³/mol. The van der Waals surface area contributed by atoms with Crippen molar-refractivity contribution in [2.24, 2.45) is 5.73 Å². The maximum atomic E-state index is 12.4. The van der Waals surface area contributed by atoms with Crippen LogP contribution in [0.15, 0.2) is 52.0 Å². The Morgan fingerprint density at radius 2 is 2.05 bits per heavy atom. The zero-order chi connectivity index (χ0) is 15.5. The van der Waals surface area contributed by atoms with Crippen molar-refractivity contribution >= 4 is 27.2 Å². The van der Waals surface area contributed by atoms with Gasteiger partial charge in [0.2, 0.25) is 10.0 Å². The van der Waals surface area contributed by atoms with Crippen LogP contribution in [0, 0.1) is 0 Å². The molecule has 1 atom stereocenters. The van der Waals surface area contributed by atoms with Crippen molar-refractivity contribution < 1.29 is 12.8 Å². The molecule has 1 aromatic carbocycles. The molecule has 1 heterocycles. The number of nitrogens with one attached hydrogen (secondary N) is 1. The second-order valence-electron chi connectivity index (χ2n) is 4.67. The van der Waals surface area contributed by atoms with Crippen molar-refractivity contribution in [3.8, 4) is 0 Å². The highest BCUT2D eigenvalue weighted by molar-refractivity contribution is 7.89. The molecule has 7 heteroatoms. The Labute approximate surface area is 129 Å². The van der Waals surface area contributed by atoms with E-state index in [0.29, 0.717) is 17.7 Å². The zero-order valence-electron chi connectivity index (χ0n) is 11.4. The maximum absolute atomic E-state index is 12.4. The summed E-state index contributed by atoms with van der Waals surface area (Å²) < 4.78 is 32.7. The maximum Gasteiger partial charge on any atom is 0.241 e. The smallest absolute Gasteiger partial charge is 0.241 e. The van der Waals surface area contributed by atoms with Gasteiger partial charge >= 0.3 is 0 Å². The number of benzene rings is 1. The monoisotopic (exact) mass is 324 g/mol. The van der Waals surface area contributed by atoms with E-state index < -0.39 is 10.0 Å². The number of hydrogen-bond donors (Lipinski definition) is 2. The number of thiocarbonyl (C=S) groups is 1. The lowest BCUT2D eigenvalue weighted by molar-refractivity contribution is 0.479. The summed E-state index contributed by atoms with van der Waals surface area (Å²) in [5, 5.41) is 0. The summed E-state index contributed by atoms with van der Waals surface area (Å²) in [5.74, 6) is 0.716. The molecule has 0 radical (unpaired) electrons. The molecule has 0 saturated heterocycles. The number of furan rings is 1. The highest BCUT2D eigenvalue weighted by Crippen LogP contribution is 2.16. The summed E-state index contributed by atoms with van der Waals surface area (Å²) >= 11 is 4.90. The Balaban J connectivity index is 2.20. The van der Waals surface area contributed by atoms with Crippen molar-refractivity contribution in [3.05, 3.63) is 54.0 Å². The molecule has 1 aromatic heterocycles. The Hall–Kier alpha value is -1.70. The Bertz CT molecular complexity index is 724. The molecule has 0 spiro atoms. The predicted octanol–water partition coefficient (Wildman–Crippen LogP) is 1.82. The van der Waals surface area contributed by atoms with Gasteiger partial charge in [-0.05, 0) is 25.1 Å². The third-order valence-electron chi connectivity index (χ3n) is 2.89. The average molecular weight is 324 g/mol. The molecule has 2 aromatic rings. The van der Waals surface area contributed by atoms with Crippen molar-refractivity contribution in [3.63, 3.8) is 0 Å². The third kappa shape index (κ3) is 3.90. The second-order valence-corrected chi connectivity index (χ2v) is 6.79. The van der Waals surface area contributed by atoms with Gasteiger partial charge in [0.05, 0.1) is 11.2 Å². The van der Waals surface area contributed by atoms with Crippen LogP contribution >= 0.6 is 12.2 Å². The number of nitrogens with two attached hydrogens (primary N) is 1. The molecule has 0 aliphatic rings. The van der Waals surface area contributed by atoms with E-state index in [2.05, 4.69) is 4.72 Å². The standard InChI is InChI=1S/C14H16N2O3S2/c1-10(9-11-5-4-8-19-11)16-21(17,18)13-7-3-2-6-12(13)14(15)20/h2-8,10,16H,9H2,1H3,(H2,15,20). The van der Waals surface area contributed by atoms with E-state index in [9.17, 15) is 8.42 Å². The molecule has 21 heavy (non-hydrogen) atoms. The summed E-state index contributed by atoms with van der Waals surface area (Å²) in [5.41, 5.74) is 5.91. The van der Waals surface area contributed by atoms with Crippen molar-refractivity contribution in [1.82, 2.24) is 4.72 Å². The molecule has 5 nitrogen and oxygen atoms in total. The van der Waals surface area contributed by atoms with E-state index in [-0.39, 0.29) is 15.9 Å². The highest BCUT2D eigenvalue weighted by atomic mass is 32.2. The van der Waals surface area contributed by atoms with Crippen LogP contribution < -0.4 is 10.5 Å². The first-order valence-electron chi connectivity index (χ1n) is 6.33. The van der Waals surface area contributed by atoms with Crippen molar-refractivity contribution in [2.45, 2.75) is 24.3 Å². The van der Waals surface area contributed by atoms with Gasteiger partial charge in [0.25, 0.3) is 0 Å². The van der Waals surface area contributed by atoms with Crippen LogP contribution in [0.2, 0.25) is 0 Å². The van der Waals surface area contributed by atoms with Crippen LogP contribution in [-0.2, 0) is 16.4 Å². The molecular weight excluding hydrogens is 308 g/mol. The van der Waals surface area contributed by atoms with Gasteiger partial charge in [0.15, 0.2) is 0 Å². The largest absolute Gasteiger partial charge is 0.469 e. The Kier molecular flexibility index (Phi) is 4.76. The molecule has 3 N–H and O–H groups in total. The summed E-state index contributed by atoms with van der Waals surface area (Å²) in [6.07, 6.45) is 2.01. The van der Waals surface area contributed by atoms with Crippen molar-refractivity contribution in [2.75, 3.05) is 0 Å². The molecule has 0 aliphatic carbocycles. The molecule has 2 rings (SSSR count). The molecular formula is C14H16N2O3S2. The van der Waals surface area contributed by atoms with Crippen LogP contribution in [-0.4, -0.2) is 19.4 Å². The average Bonchev–Trinajstić information content (AvgIpc) is 2.90. The number of sulfonamides is 1. The summed E-state index contributed by atoms with van der Waals surface area (Å²) in [6, 6.07) is 9.64. The number of hydrogen-bond acceptors (Lipinski definition) is 4. The van der Waals surface area contributed by atoms with Gasteiger partial charge in [-0.2, -0.15) is 0 Å². The van der Waals surface area contributed by atoms with Gasteiger partial charge in [-0.3, -0.25) is 0 Å². The molecule has 0 amide bonds. The van der Waals surface area contributed by atoms with E-state index in [0.717, 1.165) is 0 Å². The first kappa shape index (κ1) is 15.7. The van der Waals surface area contributed by atoms with Crippen LogP contribution in [0.5, 0.6) is 0 Å². The first-order valence-corrected chi connectivity index (χ1v) is 8.23. The quantitative estimate of drug-likeness (QED) is 0.792. The minimum atomic E-state index is -3.70. The van der Waals surface area contributed by atoms with Gasteiger partial charge < -0.3 is 10.2 Å². The lowest BCUT2D eigenvalue weighted by atomic mass is 10.2. The molecule has 0 saturated carbocycles. The fraction of sp³-hybridized carbons (Fsp3) is 0.214. The lowest BCUT2D eigenvalue weighted by Crippen LogP contribution is -2.35. The van der Waals surface area contributed by atoms with Gasteiger partial charge in [-0.1, -0.05) is 30.4 Å². The highest BCUT2D eigenvalue weighted by Gasteiger charge is 2.22. The molecule has 112 valence electrons. The fourth-order valence-electron chi connectivity index (χ4n) is 2.01. The van der Waals surface area contributed by atoms with Crippen LogP contribution in [0.25, 0.3) is 0 Å². The third-order valence-corrected chi connectivity index (χ3v) is 4.75. The van der Waals surface area contributed by atoms with E-state index in [1.807, 2.05) is 0 Å².